The number of aldehydes is 1. The number of carbonyl (C=O) groups is 1. The molecule has 0 fully saturated rings. The predicted molar refractivity (Wildman–Crippen MR) is 62.2 cm³/mol. The topological polar surface area (TPSA) is 17.1 Å². The average Bonchev–Trinajstić information content (AvgIpc) is 2.10. The number of hydrogen-bond donors (Lipinski definition) is 0. The zero-order valence-electron chi connectivity index (χ0n) is 9.84. The van der Waals surface area contributed by atoms with Crippen molar-refractivity contribution in [1.29, 1.82) is 0 Å². The summed E-state index contributed by atoms with van der Waals surface area (Å²) in [4.78, 5) is 11.0. The molecule has 0 spiro atoms. The van der Waals surface area contributed by atoms with Crippen molar-refractivity contribution in [2.24, 2.45) is 11.8 Å². The van der Waals surface area contributed by atoms with Crippen molar-refractivity contribution in [3.8, 4) is 0 Å². The maximum absolute atomic E-state index is 11.0. The molecule has 0 aliphatic rings. The van der Waals surface area contributed by atoms with Gasteiger partial charge in [-0.3, -0.25) is 4.79 Å². The summed E-state index contributed by atoms with van der Waals surface area (Å²) in [7, 11) is 0. The fourth-order valence-electron chi connectivity index (χ4n) is 1.61. The minimum atomic E-state index is 0.328. The van der Waals surface area contributed by atoms with Gasteiger partial charge in [-0.1, -0.05) is 39.3 Å². The van der Waals surface area contributed by atoms with E-state index in [9.17, 15) is 4.79 Å². The van der Waals surface area contributed by atoms with Crippen LogP contribution in [0.3, 0.4) is 0 Å². The van der Waals surface area contributed by atoms with Crippen LogP contribution >= 0.6 is 0 Å². The molecular weight excluding hydrogens is 172 g/mol. The monoisotopic (exact) mass is 194 g/mol. The van der Waals surface area contributed by atoms with Gasteiger partial charge in [0, 0.05) is 0 Å². The van der Waals surface area contributed by atoms with Gasteiger partial charge in [0.05, 0.1) is 0 Å². The van der Waals surface area contributed by atoms with Crippen LogP contribution in [-0.4, -0.2) is 6.29 Å². The van der Waals surface area contributed by atoms with E-state index in [0.717, 1.165) is 24.7 Å². The second-order valence-corrected chi connectivity index (χ2v) is 4.24. The number of rotatable bonds is 6. The maximum Gasteiger partial charge on any atom is 0.146 e. The Morgan fingerprint density at radius 3 is 2.07 bits per heavy atom. The summed E-state index contributed by atoms with van der Waals surface area (Å²) < 4.78 is 0. The Morgan fingerprint density at radius 2 is 1.79 bits per heavy atom. The van der Waals surface area contributed by atoms with Gasteiger partial charge in [0.2, 0.25) is 0 Å². The van der Waals surface area contributed by atoms with Crippen LogP contribution in [0.25, 0.3) is 0 Å². The molecule has 0 rings (SSSR count). The molecular formula is C13H22O. The van der Waals surface area contributed by atoms with Gasteiger partial charge in [0.15, 0.2) is 0 Å². The molecule has 0 unspecified atom stereocenters. The first kappa shape index (κ1) is 13.2. The van der Waals surface area contributed by atoms with Crippen molar-refractivity contribution in [1.82, 2.24) is 0 Å². The van der Waals surface area contributed by atoms with E-state index in [-0.39, 0.29) is 0 Å². The van der Waals surface area contributed by atoms with Gasteiger partial charge < -0.3 is 0 Å². The lowest BCUT2D eigenvalue weighted by atomic mass is 9.88. The summed E-state index contributed by atoms with van der Waals surface area (Å²) in [5, 5.41) is 0. The van der Waals surface area contributed by atoms with Gasteiger partial charge in [-0.25, -0.2) is 0 Å². The van der Waals surface area contributed by atoms with Crippen LogP contribution in [0.4, 0.5) is 0 Å². The Labute approximate surface area is 87.9 Å². The molecule has 14 heavy (non-hydrogen) atoms. The van der Waals surface area contributed by atoms with Crippen LogP contribution < -0.4 is 0 Å². The quantitative estimate of drug-likeness (QED) is 0.357. The first-order valence-electron chi connectivity index (χ1n) is 5.33. The summed E-state index contributed by atoms with van der Waals surface area (Å²) in [6.07, 6.45) is 4.85. The van der Waals surface area contributed by atoms with Crippen molar-refractivity contribution in [2.45, 2.75) is 40.5 Å². The first-order chi connectivity index (χ1) is 6.54. The number of hydrogen-bond acceptors (Lipinski definition) is 1. The van der Waals surface area contributed by atoms with Crippen molar-refractivity contribution in [2.75, 3.05) is 0 Å². The lowest BCUT2D eigenvalue weighted by Gasteiger charge is -2.16. The third-order valence-electron chi connectivity index (χ3n) is 2.43. The van der Waals surface area contributed by atoms with Gasteiger partial charge in [-0.2, -0.15) is 0 Å². The van der Waals surface area contributed by atoms with Crippen LogP contribution in [0.1, 0.15) is 40.5 Å². The summed E-state index contributed by atoms with van der Waals surface area (Å²) in [5.74, 6) is 0.785. The van der Waals surface area contributed by atoms with Gasteiger partial charge in [-0.05, 0) is 30.3 Å². The van der Waals surface area contributed by atoms with E-state index < -0.39 is 0 Å². The predicted octanol–water partition coefficient (Wildman–Crippen LogP) is 3.76. The van der Waals surface area contributed by atoms with Crippen LogP contribution in [0.5, 0.6) is 0 Å². The molecule has 1 nitrogen and oxygen atoms in total. The molecule has 0 atom stereocenters. The molecule has 0 radical (unpaired) electrons. The molecule has 0 aromatic carbocycles. The Balaban J connectivity index is 4.88. The average molecular weight is 194 g/mol. The lowest BCUT2D eigenvalue weighted by Crippen LogP contribution is -2.06. The largest absolute Gasteiger partial charge is 0.298 e. The molecule has 0 bridgehead atoms. The first-order valence-corrected chi connectivity index (χ1v) is 5.33. The highest BCUT2D eigenvalue weighted by atomic mass is 16.1. The third-order valence-corrected chi connectivity index (χ3v) is 2.43. The Hall–Kier alpha value is -0.850. The van der Waals surface area contributed by atoms with Crippen LogP contribution in [0.2, 0.25) is 0 Å². The van der Waals surface area contributed by atoms with E-state index in [4.69, 9.17) is 0 Å². The molecule has 0 heterocycles. The van der Waals surface area contributed by atoms with E-state index in [1.54, 1.807) is 0 Å². The zero-order valence-corrected chi connectivity index (χ0v) is 9.84. The van der Waals surface area contributed by atoms with E-state index in [1.807, 2.05) is 6.08 Å². The van der Waals surface area contributed by atoms with Gasteiger partial charge in [0.25, 0.3) is 0 Å². The Kier molecular flexibility index (Phi) is 6.18. The Bertz CT molecular complexity index is 221. The molecule has 80 valence electrons. The van der Waals surface area contributed by atoms with Gasteiger partial charge in [-0.15, -0.1) is 6.58 Å². The summed E-state index contributed by atoms with van der Waals surface area (Å²) in [6.45, 7) is 12.1. The third kappa shape index (κ3) is 3.91. The van der Waals surface area contributed by atoms with Crippen molar-refractivity contribution in [3.05, 3.63) is 23.8 Å². The highest BCUT2D eigenvalue weighted by Crippen LogP contribution is 2.24. The highest BCUT2D eigenvalue weighted by molar-refractivity contribution is 5.75. The Morgan fingerprint density at radius 1 is 1.21 bits per heavy atom. The van der Waals surface area contributed by atoms with Crippen molar-refractivity contribution >= 4 is 6.29 Å². The molecule has 0 saturated carbocycles. The van der Waals surface area contributed by atoms with E-state index in [1.165, 1.54) is 5.57 Å². The van der Waals surface area contributed by atoms with Crippen LogP contribution in [0.15, 0.2) is 23.8 Å². The molecule has 0 aromatic rings. The van der Waals surface area contributed by atoms with Crippen LogP contribution in [0, 0.1) is 11.8 Å². The molecule has 0 saturated heterocycles. The summed E-state index contributed by atoms with van der Waals surface area (Å²) in [5.41, 5.74) is 2.26. The normalized spacial score (nSPS) is 13.0. The van der Waals surface area contributed by atoms with Crippen LogP contribution in [-0.2, 0) is 4.79 Å². The molecule has 1 heteroatoms. The molecule has 0 aliphatic heterocycles. The second-order valence-electron chi connectivity index (χ2n) is 4.24. The number of carbonyl (C=O) groups excluding carboxylic acids is 1. The summed E-state index contributed by atoms with van der Waals surface area (Å²) >= 11 is 0. The standard InChI is InChI=1S/C13H22O/c1-6-7-8-12(10(2)3)13(9-14)11(4)5/h6,9-11H,1,7-8H2,2-5H3/b13-12+. The van der Waals surface area contributed by atoms with E-state index in [0.29, 0.717) is 11.8 Å². The van der Waals surface area contributed by atoms with E-state index >= 15 is 0 Å². The fraction of sp³-hybridized carbons (Fsp3) is 0.615. The lowest BCUT2D eigenvalue weighted by molar-refractivity contribution is -0.105. The van der Waals surface area contributed by atoms with E-state index in [2.05, 4.69) is 34.3 Å². The fourth-order valence-corrected chi connectivity index (χ4v) is 1.61. The molecule has 0 aliphatic carbocycles. The van der Waals surface area contributed by atoms with Crippen molar-refractivity contribution < 1.29 is 4.79 Å². The zero-order chi connectivity index (χ0) is 11.1. The molecule has 0 N–H and O–H groups in total. The highest BCUT2D eigenvalue weighted by Gasteiger charge is 2.12. The second kappa shape index (κ2) is 6.58. The van der Waals surface area contributed by atoms with Crippen molar-refractivity contribution in [3.63, 3.8) is 0 Å². The maximum atomic E-state index is 11.0. The minimum absolute atomic E-state index is 0.328. The SMILES string of the molecule is C=CCC/C(=C(/C=O)C(C)C)C(C)C. The molecule has 0 amide bonds. The van der Waals surface area contributed by atoms with Gasteiger partial charge in [0.1, 0.15) is 6.29 Å². The molecule has 0 aromatic heterocycles. The van der Waals surface area contributed by atoms with Gasteiger partial charge >= 0.3 is 0 Å². The minimum Gasteiger partial charge on any atom is -0.298 e. The smallest absolute Gasteiger partial charge is 0.146 e. The summed E-state index contributed by atoms with van der Waals surface area (Å²) in [6, 6.07) is 0. The number of allylic oxidation sites excluding steroid dienone is 3.